The minimum absolute atomic E-state index is 0.133. The second-order valence-electron chi connectivity index (χ2n) is 6.12. The van der Waals surface area contributed by atoms with Crippen molar-refractivity contribution in [1.29, 1.82) is 0 Å². The molecule has 0 radical (unpaired) electrons. The number of thiazole rings is 2. The minimum atomic E-state index is 0.133. The highest BCUT2D eigenvalue weighted by atomic mass is 32.1. The molecule has 0 bridgehead atoms. The zero-order valence-corrected chi connectivity index (χ0v) is 14.5. The monoisotopic (exact) mass is 309 g/mol. The molecule has 2 aromatic rings. The molecule has 0 aliphatic heterocycles. The molecule has 0 aliphatic carbocycles. The molecule has 0 fully saturated rings. The zero-order valence-electron chi connectivity index (χ0n) is 12.9. The number of hydrogen-bond donors (Lipinski definition) is 1. The molecule has 1 atom stereocenters. The molecule has 0 amide bonds. The largest absolute Gasteiger partial charge is 0.309 e. The first-order valence-corrected chi connectivity index (χ1v) is 8.72. The zero-order chi connectivity index (χ0) is 14.8. The summed E-state index contributed by atoms with van der Waals surface area (Å²) in [6.45, 7) is 11.9. The van der Waals surface area contributed by atoms with Gasteiger partial charge in [-0.05, 0) is 13.8 Å². The number of nitrogens with zero attached hydrogens (tertiary/aromatic N) is 2. The van der Waals surface area contributed by atoms with Crippen molar-refractivity contribution in [3.05, 3.63) is 32.2 Å². The number of aryl methyl sites for hydroxylation is 1. The first-order chi connectivity index (χ1) is 9.38. The van der Waals surface area contributed by atoms with E-state index < -0.39 is 0 Å². The van der Waals surface area contributed by atoms with Crippen LogP contribution < -0.4 is 5.32 Å². The van der Waals surface area contributed by atoms with Gasteiger partial charge in [0, 0.05) is 34.7 Å². The minimum Gasteiger partial charge on any atom is -0.309 e. The molecule has 0 aromatic carbocycles. The van der Waals surface area contributed by atoms with Crippen LogP contribution in [0.15, 0.2) is 10.9 Å². The molecule has 0 saturated heterocycles. The summed E-state index contributed by atoms with van der Waals surface area (Å²) in [6.07, 6.45) is 0.984. The van der Waals surface area contributed by atoms with E-state index in [1.54, 1.807) is 11.3 Å². The van der Waals surface area contributed by atoms with Crippen LogP contribution in [0.1, 0.15) is 55.0 Å². The molecule has 2 aromatic heterocycles. The van der Waals surface area contributed by atoms with Gasteiger partial charge in [-0.15, -0.1) is 22.7 Å². The van der Waals surface area contributed by atoms with Gasteiger partial charge in [0.2, 0.25) is 0 Å². The molecule has 110 valence electrons. The first-order valence-electron chi connectivity index (χ1n) is 6.96. The predicted molar refractivity (Wildman–Crippen MR) is 87.8 cm³/mol. The van der Waals surface area contributed by atoms with Gasteiger partial charge >= 0.3 is 0 Å². The van der Waals surface area contributed by atoms with E-state index in [0.29, 0.717) is 6.04 Å². The van der Waals surface area contributed by atoms with Crippen molar-refractivity contribution in [2.75, 3.05) is 6.54 Å². The third kappa shape index (κ3) is 3.87. The molecule has 0 saturated carbocycles. The quantitative estimate of drug-likeness (QED) is 0.903. The van der Waals surface area contributed by atoms with E-state index in [1.807, 2.05) is 16.8 Å². The lowest BCUT2D eigenvalue weighted by molar-refractivity contribution is 0.577. The van der Waals surface area contributed by atoms with Crippen LogP contribution >= 0.6 is 22.7 Å². The van der Waals surface area contributed by atoms with Gasteiger partial charge in [-0.1, -0.05) is 20.8 Å². The molecule has 2 heterocycles. The summed E-state index contributed by atoms with van der Waals surface area (Å²) < 4.78 is 0. The Morgan fingerprint density at radius 3 is 2.65 bits per heavy atom. The Labute approximate surface area is 129 Å². The van der Waals surface area contributed by atoms with E-state index in [-0.39, 0.29) is 5.41 Å². The maximum Gasteiger partial charge on any atom is 0.0985 e. The fourth-order valence-electron chi connectivity index (χ4n) is 2.00. The number of rotatable bonds is 5. The highest BCUT2D eigenvalue weighted by Gasteiger charge is 2.22. The maximum atomic E-state index is 4.73. The average Bonchev–Trinajstić information content (AvgIpc) is 2.97. The van der Waals surface area contributed by atoms with Gasteiger partial charge in [0.1, 0.15) is 0 Å². The molecule has 2 rings (SSSR count). The van der Waals surface area contributed by atoms with Crippen molar-refractivity contribution in [2.45, 2.75) is 52.5 Å². The topological polar surface area (TPSA) is 37.8 Å². The van der Waals surface area contributed by atoms with Crippen molar-refractivity contribution in [1.82, 2.24) is 15.3 Å². The second kappa shape index (κ2) is 6.33. The third-order valence-electron chi connectivity index (χ3n) is 3.18. The van der Waals surface area contributed by atoms with Gasteiger partial charge in [-0.3, -0.25) is 0 Å². The van der Waals surface area contributed by atoms with E-state index in [1.165, 1.54) is 15.6 Å². The normalized spacial score (nSPS) is 13.7. The molecule has 0 aliphatic rings. The SMILES string of the molecule is Cc1nc(C(C)(C)C)sc1C(C)NCCc1cscn1. The summed E-state index contributed by atoms with van der Waals surface area (Å²) in [7, 11) is 0. The van der Waals surface area contributed by atoms with E-state index in [2.05, 4.69) is 50.3 Å². The Bertz CT molecular complexity index is 538. The van der Waals surface area contributed by atoms with E-state index in [4.69, 9.17) is 4.98 Å². The summed E-state index contributed by atoms with van der Waals surface area (Å²) >= 11 is 3.49. The Morgan fingerprint density at radius 2 is 2.10 bits per heavy atom. The highest BCUT2D eigenvalue weighted by molar-refractivity contribution is 7.12. The summed E-state index contributed by atoms with van der Waals surface area (Å²) in [5.74, 6) is 0. The Morgan fingerprint density at radius 1 is 1.35 bits per heavy atom. The van der Waals surface area contributed by atoms with Crippen LogP contribution in [-0.2, 0) is 11.8 Å². The Balaban J connectivity index is 1.95. The van der Waals surface area contributed by atoms with Gasteiger partial charge in [0.25, 0.3) is 0 Å². The fourth-order valence-corrected chi connectivity index (χ4v) is 3.74. The average molecular weight is 310 g/mol. The van der Waals surface area contributed by atoms with Crippen molar-refractivity contribution >= 4 is 22.7 Å². The van der Waals surface area contributed by atoms with Gasteiger partial charge in [0.05, 0.1) is 21.9 Å². The van der Waals surface area contributed by atoms with E-state index in [0.717, 1.165) is 18.7 Å². The van der Waals surface area contributed by atoms with E-state index in [9.17, 15) is 0 Å². The van der Waals surface area contributed by atoms with Crippen LogP contribution in [0.5, 0.6) is 0 Å². The fraction of sp³-hybridized carbons (Fsp3) is 0.600. The van der Waals surface area contributed by atoms with Gasteiger partial charge < -0.3 is 5.32 Å². The smallest absolute Gasteiger partial charge is 0.0985 e. The summed E-state index contributed by atoms with van der Waals surface area (Å²) in [5, 5.41) is 6.91. The van der Waals surface area contributed by atoms with Crippen LogP contribution in [0.25, 0.3) is 0 Å². The number of aromatic nitrogens is 2. The summed E-state index contributed by atoms with van der Waals surface area (Å²) in [5.41, 5.74) is 4.36. The number of nitrogens with one attached hydrogen (secondary N) is 1. The molecular formula is C15H23N3S2. The Hall–Kier alpha value is -0.780. The van der Waals surface area contributed by atoms with E-state index >= 15 is 0 Å². The molecule has 5 heteroatoms. The van der Waals surface area contributed by atoms with Crippen LogP contribution in [0, 0.1) is 6.92 Å². The van der Waals surface area contributed by atoms with Crippen LogP contribution in [0.2, 0.25) is 0 Å². The molecular weight excluding hydrogens is 286 g/mol. The highest BCUT2D eigenvalue weighted by Crippen LogP contribution is 2.32. The van der Waals surface area contributed by atoms with Crippen molar-refractivity contribution in [3.63, 3.8) is 0 Å². The van der Waals surface area contributed by atoms with Crippen LogP contribution in [-0.4, -0.2) is 16.5 Å². The number of hydrogen-bond acceptors (Lipinski definition) is 5. The summed E-state index contributed by atoms with van der Waals surface area (Å²) in [6, 6.07) is 0.349. The second-order valence-corrected chi connectivity index (χ2v) is 7.87. The lowest BCUT2D eigenvalue weighted by Gasteiger charge is -2.14. The summed E-state index contributed by atoms with van der Waals surface area (Å²) in [4.78, 5) is 10.4. The molecule has 20 heavy (non-hydrogen) atoms. The van der Waals surface area contributed by atoms with Crippen LogP contribution in [0.4, 0.5) is 0 Å². The maximum absolute atomic E-state index is 4.73. The molecule has 3 nitrogen and oxygen atoms in total. The van der Waals surface area contributed by atoms with Crippen LogP contribution in [0.3, 0.4) is 0 Å². The molecule has 1 unspecified atom stereocenters. The first kappa shape index (κ1) is 15.6. The van der Waals surface area contributed by atoms with Gasteiger partial charge in [-0.25, -0.2) is 9.97 Å². The van der Waals surface area contributed by atoms with Gasteiger partial charge in [0.15, 0.2) is 0 Å². The molecule has 0 spiro atoms. The third-order valence-corrected chi connectivity index (χ3v) is 5.58. The lowest BCUT2D eigenvalue weighted by Crippen LogP contribution is -2.21. The Kier molecular flexibility index (Phi) is 4.94. The van der Waals surface area contributed by atoms with Crippen molar-refractivity contribution < 1.29 is 0 Å². The lowest BCUT2D eigenvalue weighted by atomic mass is 9.98. The van der Waals surface area contributed by atoms with Crippen molar-refractivity contribution in [3.8, 4) is 0 Å². The van der Waals surface area contributed by atoms with Gasteiger partial charge in [-0.2, -0.15) is 0 Å². The molecule has 1 N–H and O–H groups in total. The standard InChI is InChI=1S/C15H23N3S2/c1-10(16-7-6-12-8-19-9-17-12)13-11(2)18-14(20-13)15(3,4)5/h8-10,16H,6-7H2,1-5H3. The van der Waals surface area contributed by atoms with Crippen molar-refractivity contribution in [2.24, 2.45) is 0 Å². The predicted octanol–water partition coefficient (Wildman–Crippen LogP) is 4.10.